The molecule has 0 unspecified atom stereocenters. The van der Waals surface area contributed by atoms with Crippen LogP contribution in [0.4, 0.5) is 0 Å². The van der Waals surface area contributed by atoms with Gasteiger partial charge in [-0.2, -0.15) is 0 Å². The minimum Gasteiger partial charge on any atom is -0.457 e. The van der Waals surface area contributed by atoms with Gasteiger partial charge in [-0.05, 0) is 38.0 Å². The number of carbonyl (C=O) groups is 2. The molecule has 1 aliphatic heterocycles. The lowest BCUT2D eigenvalue weighted by molar-refractivity contribution is -0.131. The highest BCUT2D eigenvalue weighted by atomic mass is 16.5. The molecule has 0 spiro atoms. The molecule has 3 aromatic carbocycles. The van der Waals surface area contributed by atoms with Gasteiger partial charge in [0.15, 0.2) is 0 Å². The van der Waals surface area contributed by atoms with E-state index >= 15 is 0 Å². The number of nitrogens with zero attached hydrogens (tertiary/aromatic N) is 1. The number of amides is 2. The maximum absolute atomic E-state index is 12.5. The van der Waals surface area contributed by atoms with Crippen LogP contribution < -0.4 is 15.4 Å². The molecule has 1 fully saturated rings. The van der Waals surface area contributed by atoms with Crippen LogP contribution in [0.5, 0.6) is 11.5 Å². The van der Waals surface area contributed by atoms with Crippen LogP contribution in [0.25, 0.3) is 0 Å². The number of hydrogen-bond donors (Lipinski definition) is 2. The third-order valence-corrected chi connectivity index (χ3v) is 5.95. The summed E-state index contributed by atoms with van der Waals surface area (Å²) in [6.07, 6.45) is 1.10. The Morgan fingerprint density at radius 3 is 2.19 bits per heavy atom. The predicted octanol–water partition coefficient (Wildman–Crippen LogP) is 4.78. The molecule has 1 saturated heterocycles. The van der Waals surface area contributed by atoms with Gasteiger partial charge in [0.1, 0.15) is 11.5 Å². The molecule has 2 amide bonds. The summed E-state index contributed by atoms with van der Waals surface area (Å²) in [5.74, 6) is 1.56. The van der Waals surface area contributed by atoms with E-state index in [1.165, 1.54) is 12.5 Å². The summed E-state index contributed by atoms with van der Waals surface area (Å²) in [6, 6.07) is 24.0. The predicted molar refractivity (Wildman–Crippen MR) is 144 cm³/mol. The minimum atomic E-state index is -0.0794. The van der Waals surface area contributed by atoms with Gasteiger partial charge in [0.25, 0.3) is 0 Å². The van der Waals surface area contributed by atoms with E-state index in [0.29, 0.717) is 25.1 Å². The maximum atomic E-state index is 12.5. The highest BCUT2D eigenvalue weighted by Crippen LogP contribution is 2.29. The molecular weight excluding hydrogens is 450 g/mol. The lowest BCUT2D eigenvalue weighted by Gasteiger charge is -2.27. The van der Waals surface area contributed by atoms with E-state index in [1.54, 1.807) is 0 Å². The Balaban J connectivity index is 0.000000444. The van der Waals surface area contributed by atoms with Gasteiger partial charge in [-0.15, -0.1) is 0 Å². The first kappa shape index (κ1) is 27.0. The fraction of sp³-hybridized carbons (Fsp3) is 0.333. The zero-order valence-corrected chi connectivity index (χ0v) is 21.5. The van der Waals surface area contributed by atoms with Gasteiger partial charge in [-0.1, -0.05) is 71.8 Å². The second-order valence-electron chi connectivity index (χ2n) is 9.02. The number of carbonyl (C=O) groups excluding carboxylic acids is 2. The molecule has 190 valence electrons. The first-order valence-electron chi connectivity index (χ1n) is 12.5. The van der Waals surface area contributed by atoms with Crippen LogP contribution in [0.2, 0.25) is 0 Å². The molecule has 6 heteroatoms. The highest BCUT2D eigenvalue weighted by molar-refractivity contribution is 5.76. The fourth-order valence-electron chi connectivity index (χ4n) is 3.94. The molecule has 1 aliphatic rings. The third-order valence-electron chi connectivity index (χ3n) is 5.95. The number of aryl methyl sites for hydroxylation is 3. The van der Waals surface area contributed by atoms with Gasteiger partial charge in [0.05, 0.1) is 0 Å². The van der Waals surface area contributed by atoms with Crippen molar-refractivity contribution < 1.29 is 14.3 Å². The smallest absolute Gasteiger partial charge is 0.222 e. The molecule has 6 nitrogen and oxygen atoms in total. The van der Waals surface area contributed by atoms with Gasteiger partial charge in [0.2, 0.25) is 11.8 Å². The summed E-state index contributed by atoms with van der Waals surface area (Å²) >= 11 is 0. The lowest BCUT2D eigenvalue weighted by Crippen LogP contribution is -2.46. The lowest BCUT2D eigenvalue weighted by atomic mass is 10.1. The topological polar surface area (TPSA) is 70.7 Å². The molecule has 0 aliphatic carbocycles. The van der Waals surface area contributed by atoms with E-state index in [-0.39, 0.29) is 11.8 Å². The number of nitrogens with one attached hydrogen (secondary N) is 2. The van der Waals surface area contributed by atoms with Gasteiger partial charge < -0.3 is 20.3 Å². The van der Waals surface area contributed by atoms with Gasteiger partial charge in [0, 0.05) is 51.6 Å². The fourth-order valence-corrected chi connectivity index (χ4v) is 3.94. The van der Waals surface area contributed by atoms with E-state index in [1.807, 2.05) is 72.5 Å². The number of piperazine rings is 1. The van der Waals surface area contributed by atoms with Gasteiger partial charge in [-0.25, -0.2) is 0 Å². The Hall–Kier alpha value is -3.64. The summed E-state index contributed by atoms with van der Waals surface area (Å²) < 4.78 is 6.22. The quantitative estimate of drug-likeness (QED) is 0.503. The Morgan fingerprint density at radius 1 is 0.861 bits per heavy atom. The Labute approximate surface area is 214 Å². The molecule has 0 radical (unpaired) electrons. The zero-order chi connectivity index (χ0) is 25.8. The second-order valence-corrected chi connectivity index (χ2v) is 9.02. The maximum Gasteiger partial charge on any atom is 0.222 e. The summed E-state index contributed by atoms with van der Waals surface area (Å²) in [5.41, 5.74) is 4.35. The Kier molecular flexibility index (Phi) is 10.5. The summed E-state index contributed by atoms with van der Waals surface area (Å²) in [4.78, 5) is 25.7. The van der Waals surface area contributed by atoms with Crippen molar-refractivity contribution in [3.8, 4) is 11.5 Å². The van der Waals surface area contributed by atoms with Crippen LogP contribution in [0, 0.1) is 13.8 Å². The molecule has 2 N–H and O–H groups in total. The van der Waals surface area contributed by atoms with Crippen LogP contribution in [0.1, 0.15) is 35.6 Å². The van der Waals surface area contributed by atoms with Crippen molar-refractivity contribution in [1.29, 1.82) is 0 Å². The molecule has 3 aromatic rings. The number of benzene rings is 3. The van der Waals surface area contributed by atoms with Crippen molar-refractivity contribution in [3.05, 3.63) is 95.1 Å². The zero-order valence-electron chi connectivity index (χ0n) is 21.5. The molecule has 1 heterocycles. The molecule has 4 rings (SSSR count). The van der Waals surface area contributed by atoms with Crippen molar-refractivity contribution in [2.24, 2.45) is 0 Å². The standard InChI is InChI=1S/C23H29N3O3.C7H8/c1-17-7-9-22(20(15-17)16-25-18(2)27)29-21-6-4-3-5-19(21)8-10-23(28)26-13-11-24-12-14-26;1-7-5-3-2-4-6-7/h3-7,9,15,24H,8,10-14,16H2,1-2H3,(H,25,27);2-6H,1H3. The van der Waals surface area contributed by atoms with E-state index < -0.39 is 0 Å². The average Bonchev–Trinajstić information content (AvgIpc) is 2.89. The van der Waals surface area contributed by atoms with Gasteiger partial charge in [-0.3, -0.25) is 9.59 Å². The van der Waals surface area contributed by atoms with Crippen molar-refractivity contribution in [3.63, 3.8) is 0 Å². The average molecular weight is 488 g/mol. The minimum absolute atomic E-state index is 0.0794. The third kappa shape index (κ3) is 8.86. The van der Waals surface area contributed by atoms with E-state index in [0.717, 1.165) is 48.6 Å². The first-order chi connectivity index (χ1) is 17.4. The van der Waals surface area contributed by atoms with E-state index in [9.17, 15) is 9.59 Å². The van der Waals surface area contributed by atoms with Crippen molar-refractivity contribution >= 4 is 11.8 Å². The van der Waals surface area contributed by atoms with Crippen molar-refractivity contribution in [1.82, 2.24) is 15.5 Å². The van der Waals surface area contributed by atoms with Crippen molar-refractivity contribution in [2.75, 3.05) is 26.2 Å². The number of hydrogen-bond acceptors (Lipinski definition) is 4. The van der Waals surface area contributed by atoms with E-state index in [2.05, 4.69) is 29.7 Å². The summed E-state index contributed by atoms with van der Waals surface area (Å²) in [5, 5.41) is 6.10. The first-order valence-corrected chi connectivity index (χ1v) is 12.5. The number of ether oxygens (including phenoxy) is 1. The van der Waals surface area contributed by atoms with Gasteiger partial charge >= 0.3 is 0 Å². The summed E-state index contributed by atoms with van der Waals surface area (Å²) in [7, 11) is 0. The normalized spacial score (nSPS) is 12.8. The van der Waals surface area contributed by atoms with Crippen LogP contribution in [0.3, 0.4) is 0 Å². The van der Waals surface area contributed by atoms with E-state index in [4.69, 9.17) is 4.74 Å². The molecule has 0 aromatic heterocycles. The molecule has 0 saturated carbocycles. The Bertz CT molecular complexity index is 1130. The number of rotatable bonds is 7. The summed E-state index contributed by atoms with van der Waals surface area (Å²) in [6.45, 7) is 9.26. The largest absolute Gasteiger partial charge is 0.457 e. The molecule has 0 atom stereocenters. The highest BCUT2D eigenvalue weighted by Gasteiger charge is 2.17. The van der Waals surface area contributed by atoms with Crippen LogP contribution >= 0.6 is 0 Å². The van der Waals surface area contributed by atoms with Crippen LogP contribution in [-0.2, 0) is 22.6 Å². The second kappa shape index (κ2) is 14.0. The molecule has 0 bridgehead atoms. The monoisotopic (exact) mass is 487 g/mol. The Morgan fingerprint density at radius 2 is 1.53 bits per heavy atom. The van der Waals surface area contributed by atoms with Crippen LogP contribution in [0.15, 0.2) is 72.8 Å². The SMILES string of the molecule is CC(=O)NCc1cc(C)ccc1Oc1ccccc1CCC(=O)N1CCNCC1.Cc1ccccc1. The van der Waals surface area contributed by atoms with Crippen LogP contribution in [-0.4, -0.2) is 42.9 Å². The molecular formula is C30H37N3O3. The van der Waals surface area contributed by atoms with Crippen molar-refractivity contribution in [2.45, 2.75) is 40.2 Å². The molecule has 36 heavy (non-hydrogen) atoms. The number of para-hydroxylation sites is 1.